The second kappa shape index (κ2) is 35.5. The van der Waals surface area contributed by atoms with Gasteiger partial charge in [-0.25, -0.2) is 0 Å². The number of hydrogen-bond acceptors (Lipinski definition) is 10. The number of rotatable bonds is 37. The van der Waals surface area contributed by atoms with Crippen LogP contribution in [0.4, 0.5) is 0 Å². The number of unbranched alkanes of at least 4 members (excludes halogenated alkanes) is 21. The highest BCUT2D eigenvalue weighted by molar-refractivity contribution is 5.80. The van der Waals surface area contributed by atoms with Gasteiger partial charge >= 0.3 is 0 Å². The minimum Gasteiger partial charge on any atom is -0.394 e. The van der Waals surface area contributed by atoms with Gasteiger partial charge in [0.2, 0.25) is 5.91 Å². The number of carbonyl (C=O) groups is 1. The maximum absolute atomic E-state index is 13.0. The van der Waals surface area contributed by atoms with E-state index in [-0.39, 0.29) is 12.8 Å². The van der Waals surface area contributed by atoms with Crippen molar-refractivity contribution in [3.63, 3.8) is 0 Å². The molecular formula is C45H85NO10. The molecule has 0 radical (unpaired) electrons. The van der Waals surface area contributed by atoms with E-state index in [9.17, 15) is 40.5 Å². The number of aliphatic hydroxyl groups excluding tert-OH is 7. The van der Waals surface area contributed by atoms with E-state index in [1.165, 1.54) is 103 Å². The van der Waals surface area contributed by atoms with Crippen molar-refractivity contribution in [2.45, 2.75) is 242 Å². The van der Waals surface area contributed by atoms with Crippen molar-refractivity contribution in [3.05, 3.63) is 24.3 Å². The Labute approximate surface area is 340 Å². The number of hydrogen-bond donors (Lipinski definition) is 8. The van der Waals surface area contributed by atoms with Crippen LogP contribution in [0.15, 0.2) is 24.3 Å². The average Bonchev–Trinajstić information content (AvgIpc) is 3.20. The molecule has 0 aromatic heterocycles. The van der Waals surface area contributed by atoms with Crippen LogP contribution < -0.4 is 5.32 Å². The molecule has 1 fully saturated rings. The fraction of sp³-hybridized carbons (Fsp3) is 0.889. The summed E-state index contributed by atoms with van der Waals surface area (Å²) in [5.74, 6) is -0.715. The van der Waals surface area contributed by atoms with E-state index >= 15 is 0 Å². The highest BCUT2D eigenvalue weighted by Gasteiger charge is 2.44. The Morgan fingerprint density at radius 3 is 1.59 bits per heavy atom. The lowest BCUT2D eigenvalue weighted by molar-refractivity contribution is -0.303. The first-order chi connectivity index (χ1) is 27.2. The van der Waals surface area contributed by atoms with Crippen LogP contribution in [0.2, 0.25) is 0 Å². The summed E-state index contributed by atoms with van der Waals surface area (Å²) in [6, 6.07) is -1.18. The molecule has 11 nitrogen and oxygen atoms in total. The van der Waals surface area contributed by atoms with E-state index in [0.717, 1.165) is 38.5 Å². The van der Waals surface area contributed by atoms with Gasteiger partial charge in [-0.05, 0) is 51.4 Å². The molecule has 9 unspecified atom stereocenters. The molecule has 1 amide bonds. The molecule has 1 aliphatic heterocycles. The lowest BCUT2D eigenvalue weighted by atomic mass is 9.98. The summed E-state index contributed by atoms with van der Waals surface area (Å²) in [6.45, 7) is 3.37. The summed E-state index contributed by atoms with van der Waals surface area (Å²) in [6.07, 6.45) is 26.9. The van der Waals surface area contributed by atoms with Crippen molar-refractivity contribution >= 4 is 5.91 Å². The van der Waals surface area contributed by atoms with Crippen LogP contribution in [-0.2, 0) is 14.3 Å². The van der Waals surface area contributed by atoms with Crippen molar-refractivity contribution in [2.24, 2.45) is 0 Å². The monoisotopic (exact) mass is 800 g/mol. The molecule has 0 aromatic carbocycles. The summed E-state index contributed by atoms with van der Waals surface area (Å²) >= 11 is 0. The van der Waals surface area contributed by atoms with Gasteiger partial charge in [-0.15, -0.1) is 0 Å². The average molecular weight is 800 g/mol. The van der Waals surface area contributed by atoms with Gasteiger partial charge in [-0.3, -0.25) is 4.79 Å². The normalized spacial score (nSPS) is 22.5. The topological polar surface area (TPSA) is 189 Å². The Bertz CT molecular complexity index is 965. The fourth-order valence-corrected chi connectivity index (χ4v) is 7.16. The summed E-state index contributed by atoms with van der Waals surface area (Å²) in [4.78, 5) is 13.0. The third-order valence-corrected chi connectivity index (χ3v) is 11.0. The van der Waals surface area contributed by atoms with Crippen molar-refractivity contribution < 1.29 is 50.0 Å². The molecule has 330 valence electrons. The molecule has 0 spiro atoms. The predicted octanol–water partition coefficient (Wildman–Crippen LogP) is 7.06. The minimum atomic E-state index is -1.67. The molecule has 1 saturated heterocycles. The maximum atomic E-state index is 13.0. The Morgan fingerprint density at radius 2 is 1.07 bits per heavy atom. The number of aliphatic hydroxyl groups is 7. The third-order valence-electron chi connectivity index (χ3n) is 11.0. The lowest BCUT2D eigenvalue weighted by Crippen LogP contribution is -2.60. The highest BCUT2D eigenvalue weighted by atomic mass is 16.7. The highest BCUT2D eigenvalue weighted by Crippen LogP contribution is 2.23. The molecule has 0 aliphatic carbocycles. The van der Waals surface area contributed by atoms with E-state index in [1.807, 2.05) is 0 Å². The smallest absolute Gasteiger partial charge is 0.249 e. The van der Waals surface area contributed by atoms with Crippen LogP contribution in [0.25, 0.3) is 0 Å². The van der Waals surface area contributed by atoms with E-state index in [1.54, 1.807) is 0 Å². The number of carbonyl (C=O) groups excluding carboxylic acids is 1. The Kier molecular flexibility index (Phi) is 33.4. The van der Waals surface area contributed by atoms with Gasteiger partial charge in [0.1, 0.15) is 36.6 Å². The molecule has 56 heavy (non-hydrogen) atoms. The minimum absolute atomic E-state index is 0.248. The van der Waals surface area contributed by atoms with E-state index in [4.69, 9.17) is 9.47 Å². The summed E-state index contributed by atoms with van der Waals surface area (Å²) in [5, 5.41) is 75.3. The largest absolute Gasteiger partial charge is 0.394 e. The molecule has 9 atom stereocenters. The van der Waals surface area contributed by atoms with Gasteiger partial charge in [-0.1, -0.05) is 160 Å². The van der Waals surface area contributed by atoms with Crippen LogP contribution in [-0.4, -0.2) is 110 Å². The Hall–Kier alpha value is -1.41. The van der Waals surface area contributed by atoms with Crippen molar-refractivity contribution in [1.29, 1.82) is 0 Å². The standard InChI is InChI=1S/C45H85NO10/c1-3-5-7-9-11-13-14-15-16-17-18-19-20-21-22-23-24-25-27-28-30-32-37(48)40(50)36(35-55-45-43(53)42(52)41(51)39(34-47)56-45)46-44(54)38(49)33-31-29-26-12-10-8-6-4-2/h21-22,25,27,36-43,45,47-53H,3-20,23-24,26,28-35H2,1-2H3,(H,46,54)/b22-21+,27-25+. The summed E-state index contributed by atoms with van der Waals surface area (Å²) in [5.41, 5.74) is 0. The molecular weight excluding hydrogens is 714 g/mol. The van der Waals surface area contributed by atoms with Crippen LogP contribution in [0.5, 0.6) is 0 Å². The second-order valence-corrected chi connectivity index (χ2v) is 16.1. The van der Waals surface area contributed by atoms with E-state index in [0.29, 0.717) is 19.3 Å². The first-order valence-corrected chi connectivity index (χ1v) is 22.7. The predicted molar refractivity (Wildman–Crippen MR) is 224 cm³/mol. The fourth-order valence-electron chi connectivity index (χ4n) is 7.16. The summed E-state index contributed by atoms with van der Waals surface area (Å²) < 4.78 is 11.0. The maximum Gasteiger partial charge on any atom is 0.249 e. The van der Waals surface area contributed by atoms with Gasteiger partial charge in [0.15, 0.2) is 6.29 Å². The molecule has 1 aliphatic rings. The molecule has 0 saturated carbocycles. The van der Waals surface area contributed by atoms with Gasteiger partial charge < -0.3 is 50.5 Å². The van der Waals surface area contributed by atoms with Crippen LogP contribution in [0.1, 0.15) is 187 Å². The number of amides is 1. The zero-order valence-electron chi connectivity index (χ0n) is 35.4. The first-order valence-electron chi connectivity index (χ1n) is 22.7. The molecule has 0 bridgehead atoms. The number of allylic oxidation sites excluding steroid dienone is 4. The molecule has 1 rings (SSSR count). The van der Waals surface area contributed by atoms with Crippen LogP contribution in [0, 0.1) is 0 Å². The number of nitrogens with one attached hydrogen (secondary N) is 1. The Morgan fingerprint density at radius 1 is 0.607 bits per heavy atom. The van der Waals surface area contributed by atoms with Crippen molar-refractivity contribution in [3.8, 4) is 0 Å². The van der Waals surface area contributed by atoms with E-state index < -0.39 is 74.2 Å². The van der Waals surface area contributed by atoms with Crippen LogP contribution in [0.3, 0.4) is 0 Å². The van der Waals surface area contributed by atoms with Gasteiger partial charge in [0.05, 0.1) is 25.4 Å². The summed E-state index contributed by atoms with van der Waals surface area (Å²) in [7, 11) is 0. The van der Waals surface area contributed by atoms with E-state index in [2.05, 4.69) is 43.5 Å². The second-order valence-electron chi connectivity index (χ2n) is 16.1. The lowest BCUT2D eigenvalue weighted by Gasteiger charge is -2.40. The van der Waals surface area contributed by atoms with Gasteiger partial charge in [-0.2, -0.15) is 0 Å². The molecule has 11 heteroatoms. The zero-order chi connectivity index (χ0) is 41.2. The van der Waals surface area contributed by atoms with Gasteiger partial charge in [0.25, 0.3) is 0 Å². The SMILES string of the molecule is CCCCCCCCCCCCCC/C=C/CC/C=C/CCCC(O)C(O)C(COC1OC(CO)C(O)C(O)C1O)NC(=O)C(O)CCCCCCCCCC. The third kappa shape index (κ3) is 25.2. The zero-order valence-corrected chi connectivity index (χ0v) is 35.4. The van der Waals surface area contributed by atoms with Crippen molar-refractivity contribution in [2.75, 3.05) is 13.2 Å². The molecule has 8 N–H and O–H groups in total. The molecule has 1 heterocycles. The van der Waals surface area contributed by atoms with Crippen LogP contribution >= 0.6 is 0 Å². The van der Waals surface area contributed by atoms with Gasteiger partial charge in [0, 0.05) is 0 Å². The quantitative estimate of drug-likeness (QED) is 0.0239. The number of ether oxygens (including phenoxy) is 2. The first kappa shape index (κ1) is 52.6. The van der Waals surface area contributed by atoms with Crippen molar-refractivity contribution in [1.82, 2.24) is 5.32 Å². The Balaban J connectivity index is 2.44. The molecule has 0 aromatic rings.